The summed E-state index contributed by atoms with van der Waals surface area (Å²) in [5, 5.41) is 8.69. The maximum Gasteiger partial charge on any atom is 0.575 e. The highest BCUT2D eigenvalue weighted by atomic mass is 19.4. The molecule has 0 saturated heterocycles. The lowest BCUT2D eigenvalue weighted by Crippen LogP contribution is -2.12. The van der Waals surface area contributed by atoms with Gasteiger partial charge in [0, 0.05) is 0 Å². The molecule has 64 valence electrons. The second kappa shape index (κ2) is 2.87. The third kappa shape index (κ3) is 2.64. The SMILES string of the molecule is OC1=C[C+]=C(OC(F)(F)F)C=C1. The zero-order valence-electron chi connectivity index (χ0n) is 5.72. The van der Waals surface area contributed by atoms with Crippen LogP contribution in [0.5, 0.6) is 0 Å². The summed E-state index contributed by atoms with van der Waals surface area (Å²) in [6.07, 6.45) is 0.429. The van der Waals surface area contributed by atoms with Crippen molar-refractivity contribution in [3.8, 4) is 0 Å². The summed E-state index contributed by atoms with van der Waals surface area (Å²) in [5.41, 5.74) is 0. The van der Waals surface area contributed by atoms with Crippen LogP contribution in [0.25, 0.3) is 0 Å². The Morgan fingerprint density at radius 2 is 2.00 bits per heavy atom. The van der Waals surface area contributed by atoms with E-state index in [9.17, 15) is 13.2 Å². The van der Waals surface area contributed by atoms with Crippen molar-refractivity contribution in [2.24, 2.45) is 0 Å². The Balaban J connectivity index is 2.64. The third-order valence-corrected chi connectivity index (χ3v) is 0.993. The lowest BCUT2D eigenvalue weighted by atomic mass is 10.2. The average molecular weight is 177 g/mol. The number of hydrogen-bond acceptors (Lipinski definition) is 2. The first-order valence-corrected chi connectivity index (χ1v) is 2.94. The minimum absolute atomic E-state index is 0.162. The monoisotopic (exact) mass is 177 g/mol. The first-order chi connectivity index (χ1) is 5.47. The lowest BCUT2D eigenvalue weighted by Gasteiger charge is -2.04. The van der Waals surface area contributed by atoms with E-state index in [-0.39, 0.29) is 5.76 Å². The largest absolute Gasteiger partial charge is 0.575 e. The first-order valence-electron chi connectivity index (χ1n) is 2.94. The van der Waals surface area contributed by atoms with Crippen LogP contribution in [0, 0.1) is 6.08 Å². The molecule has 0 aliphatic heterocycles. The highest BCUT2D eigenvalue weighted by Gasteiger charge is 2.34. The number of aliphatic hydroxyl groups is 1. The molecule has 0 spiro atoms. The number of rotatable bonds is 1. The van der Waals surface area contributed by atoms with Gasteiger partial charge in [-0.15, -0.1) is 13.2 Å². The summed E-state index contributed by atoms with van der Waals surface area (Å²) in [6, 6.07) is 0. The van der Waals surface area contributed by atoms with Crippen molar-refractivity contribution in [2.75, 3.05) is 0 Å². The molecule has 0 amide bonds. The van der Waals surface area contributed by atoms with Crippen molar-refractivity contribution < 1.29 is 23.0 Å². The molecule has 5 heteroatoms. The molecule has 1 N–H and O–H groups in total. The van der Waals surface area contributed by atoms with Gasteiger partial charge in [0.05, 0.1) is 18.2 Å². The Morgan fingerprint density at radius 3 is 2.42 bits per heavy atom. The maximum absolute atomic E-state index is 11.5. The predicted octanol–water partition coefficient (Wildman–Crippen LogP) is 2.22. The van der Waals surface area contributed by atoms with E-state index in [1.165, 1.54) is 0 Å². The van der Waals surface area contributed by atoms with Crippen molar-refractivity contribution in [2.45, 2.75) is 6.36 Å². The second-order valence-electron chi connectivity index (χ2n) is 1.96. The summed E-state index contributed by atoms with van der Waals surface area (Å²) < 4.78 is 38.1. The van der Waals surface area contributed by atoms with Gasteiger partial charge in [0.15, 0.2) is 0 Å². The summed E-state index contributed by atoms with van der Waals surface area (Å²) in [6.45, 7) is 0. The van der Waals surface area contributed by atoms with E-state index < -0.39 is 12.1 Å². The van der Waals surface area contributed by atoms with Gasteiger partial charge in [0.25, 0.3) is 5.76 Å². The molecule has 0 unspecified atom stereocenters. The molecule has 0 bridgehead atoms. The molecule has 0 atom stereocenters. The average Bonchev–Trinajstić information content (AvgIpc) is 1.91. The van der Waals surface area contributed by atoms with E-state index in [2.05, 4.69) is 10.8 Å². The molecule has 12 heavy (non-hydrogen) atoms. The molecular weight excluding hydrogens is 173 g/mol. The summed E-state index contributed by atoms with van der Waals surface area (Å²) in [5.74, 6) is -0.634. The Bertz CT molecular complexity index is 260. The van der Waals surface area contributed by atoms with Gasteiger partial charge in [-0.2, -0.15) is 0 Å². The number of allylic oxidation sites excluding steroid dienone is 4. The topological polar surface area (TPSA) is 29.5 Å². The molecule has 0 fully saturated rings. The Hall–Kier alpha value is -1.48. The number of halogens is 3. The van der Waals surface area contributed by atoms with Gasteiger partial charge < -0.3 is 9.84 Å². The van der Waals surface area contributed by atoms with Crippen LogP contribution in [-0.4, -0.2) is 11.5 Å². The van der Waals surface area contributed by atoms with E-state index in [4.69, 9.17) is 5.11 Å². The zero-order valence-corrected chi connectivity index (χ0v) is 5.72. The predicted molar refractivity (Wildman–Crippen MR) is 33.7 cm³/mol. The van der Waals surface area contributed by atoms with Crippen LogP contribution in [0.1, 0.15) is 0 Å². The van der Waals surface area contributed by atoms with Gasteiger partial charge in [0.1, 0.15) is 6.08 Å². The van der Waals surface area contributed by atoms with Crippen LogP contribution < -0.4 is 0 Å². The number of hydrogen-bond donors (Lipinski definition) is 1. The molecular formula is C7H4F3O2+. The van der Waals surface area contributed by atoms with Crippen molar-refractivity contribution in [3.63, 3.8) is 0 Å². The highest BCUT2D eigenvalue weighted by Crippen LogP contribution is 2.22. The van der Waals surface area contributed by atoms with Crippen molar-refractivity contribution in [1.29, 1.82) is 0 Å². The zero-order chi connectivity index (χ0) is 9.19. The summed E-state index contributed by atoms with van der Waals surface area (Å²) >= 11 is 0. The van der Waals surface area contributed by atoms with E-state index in [0.717, 1.165) is 18.2 Å². The highest BCUT2D eigenvalue weighted by molar-refractivity contribution is 5.28. The van der Waals surface area contributed by atoms with Gasteiger partial charge in [-0.25, -0.2) is 0 Å². The van der Waals surface area contributed by atoms with Crippen molar-refractivity contribution in [3.05, 3.63) is 35.8 Å². The van der Waals surface area contributed by atoms with Crippen molar-refractivity contribution in [1.82, 2.24) is 0 Å². The molecule has 0 saturated carbocycles. The fourth-order valence-corrected chi connectivity index (χ4v) is 0.591. The molecule has 0 aromatic carbocycles. The molecule has 1 aliphatic rings. The molecule has 2 nitrogen and oxygen atoms in total. The molecule has 1 aliphatic carbocycles. The Kier molecular flexibility index (Phi) is 2.06. The van der Waals surface area contributed by atoms with Gasteiger partial charge in [-0.3, -0.25) is 0 Å². The normalized spacial score (nSPS) is 16.2. The smallest absolute Gasteiger partial charge is 0.448 e. The van der Waals surface area contributed by atoms with Crippen LogP contribution in [-0.2, 0) is 4.74 Å². The van der Waals surface area contributed by atoms with Crippen LogP contribution >= 0.6 is 0 Å². The number of ether oxygens (including phenoxy) is 1. The number of alkyl halides is 3. The molecule has 0 aromatic rings. The van der Waals surface area contributed by atoms with Gasteiger partial charge >= 0.3 is 6.36 Å². The quantitative estimate of drug-likeness (QED) is 0.622. The van der Waals surface area contributed by atoms with Gasteiger partial charge in [-0.05, 0) is 0 Å². The first kappa shape index (κ1) is 8.62. The Morgan fingerprint density at radius 1 is 1.33 bits per heavy atom. The molecule has 1 rings (SSSR count). The van der Waals surface area contributed by atoms with Crippen LogP contribution in [0.4, 0.5) is 13.2 Å². The van der Waals surface area contributed by atoms with E-state index in [1.54, 1.807) is 0 Å². The van der Waals surface area contributed by atoms with Crippen LogP contribution in [0.3, 0.4) is 0 Å². The van der Waals surface area contributed by atoms with E-state index in [0.29, 0.717) is 0 Å². The second-order valence-corrected chi connectivity index (χ2v) is 1.96. The van der Waals surface area contributed by atoms with E-state index >= 15 is 0 Å². The summed E-state index contributed by atoms with van der Waals surface area (Å²) in [4.78, 5) is 0. The van der Waals surface area contributed by atoms with Crippen LogP contribution in [0.15, 0.2) is 29.7 Å². The lowest BCUT2D eigenvalue weighted by molar-refractivity contribution is -0.303. The standard InChI is InChI=1S/C7H3F3O2/c8-7(9,10)12-6-3-1-5(11)2-4-6/h1-3H/p+1. The van der Waals surface area contributed by atoms with Crippen LogP contribution in [0.2, 0.25) is 0 Å². The van der Waals surface area contributed by atoms with Gasteiger partial charge in [0.2, 0.25) is 5.76 Å². The fraction of sp³-hybridized carbons (Fsp3) is 0.143. The van der Waals surface area contributed by atoms with Gasteiger partial charge in [-0.1, -0.05) is 0 Å². The fourth-order valence-electron chi connectivity index (χ4n) is 0.591. The Labute approximate surface area is 66.3 Å². The molecule has 0 heterocycles. The summed E-state index contributed by atoms with van der Waals surface area (Å²) in [7, 11) is 0. The third-order valence-electron chi connectivity index (χ3n) is 0.993. The molecule has 0 aromatic heterocycles. The number of aliphatic hydroxyl groups excluding tert-OH is 1. The maximum atomic E-state index is 11.5. The van der Waals surface area contributed by atoms with Crippen molar-refractivity contribution >= 4 is 0 Å². The van der Waals surface area contributed by atoms with E-state index in [1.807, 2.05) is 0 Å². The minimum Gasteiger partial charge on any atom is -0.448 e. The minimum atomic E-state index is -4.71. The molecule has 0 radical (unpaired) electrons.